The predicted molar refractivity (Wildman–Crippen MR) is 52.9 cm³/mol. The number of pyridine rings is 1. The molecule has 0 aromatic carbocycles. The molecule has 1 heterocycles. The maximum Gasteiger partial charge on any atom is 0.217 e. The van der Waals surface area contributed by atoms with Crippen molar-refractivity contribution in [3.05, 3.63) is 23.9 Å². The predicted octanol–water partition coefficient (Wildman–Crippen LogP) is 1.76. The number of aromatic nitrogens is 1. The smallest absolute Gasteiger partial charge is 0.217 e. The molecule has 1 atom stereocenters. The zero-order valence-corrected chi connectivity index (χ0v) is 8.37. The maximum atomic E-state index is 5.16. The Balaban J connectivity index is 2.85. The Morgan fingerprint density at radius 1 is 1.62 bits per heavy atom. The Bertz CT molecular complexity index is 263. The molecule has 72 valence electrons. The molecule has 1 rings (SSSR count). The quantitative estimate of drug-likeness (QED) is 0.766. The van der Waals surface area contributed by atoms with Crippen molar-refractivity contribution in [3.63, 3.8) is 0 Å². The molecule has 0 aliphatic rings. The van der Waals surface area contributed by atoms with Crippen molar-refractivity contribution in [3.8, 4) is 5.88 Å². The van der Waals surface area contributed by atoms with E-state index in [2.05, 4.69) is 24.1 Å². The minimum absolute atomic E-state index is 0.286. The van der Waals surface area contributed by atoms with E-state index in [0.717, 1.165) is 12.1 Å². The number of methoxy groups -OCH3 is 1. The summed E-state index contributed by atoms with van der Waals surface area (Å²) in [5.74, 6) is 0.705. The third-order valence-corrected chi connectivity index (χ3v) is 1.97. The molecule has 3 heteroatoms. The van der Waals surface area contributed by atoms with Gasteiger partial charge in [0.2, 0.25) is 5.88 Å². The Labute approximate surface area is 79.1 Å². The topological polar surface area (TPSA) is 34.2 Å². The van der Waals surface area contributed by atoms with Crippen LogP contribution in [0.15, 0.2) is 18.3 Å². The lowest BCUT2D eigenvalue weighted by Gasteiger charge is -2.14. The summed E-state index contributed by atoms with van der Waals surface area (Å²) in [6.45, 7) is 5.13. The minimum Gasteiger partial charge on any atom is -0.481 e. The van der Waals surface area contributed by atoms with Gasteiger partial charge in [0.25, 0.3) is 0 Å². The molecule has 1 unspecified atom stereocenters. The lowest BCUT2D eigenvalue weighted by Crippen LogP contribution is -2.18. The van der Waals surface area contributed by atoms with Crippen LogP contribution >= 0.6 is 0 Å². The second-order valence-electron chi connectivity index (χ2n) is 2.88. The van der Waals surface area contributed by atoms with E-state index in [4.69, 9.17) is 4.74 Å². The molecule has 0 aliphatic heterocycles. The number of hydrogen-bond donors (Lipinski definition) is 1. The van der Waals surface area contributed by atoms with Gasteiger partial charge in [-0.25, -0.2) is 4.98 Å². The molecule has 1 aromatic rings. The second kappa shape index (κ2) is 4.82. The first-order chi connectivity index (χ1) is 6.29. The van der Waals surface area contributed by atoms with Gasteiger partial charge in [-0.2, -0.15) is 0 Å². The lowest BCUT2D eigenvalue weighted by atomic mass is 10.1. The Morgan fingerprint density at radius 3 is 3.00 bits per heavy atom. The number of nitrogens with zero attached hydrogens (tertiary/aromatic N) is 1. The highest BCUT2D eigenvalue weighted by Gasteiger charge is 2.09. The van der Waals surface area contributed by atoms with Gasteiger partial charge in [0.1, 0.15) is 0 Å². The SMILES string of the molecule is CCNC(C)c1cccnc1OC. The van der Waals surface area contributed by atoms with E-state index in [-0.39, 0.29) is 6.04 Å². The van der Waals surface area contributed by atoms with Gasteiger partial charge < -0.3 is 10.1 Å². The molecule has 0 fully saturated rings. The average Bonchev–Trinajstić information content (AvgIpc) is 2.18. The summed E-state index contributed by atoms with van der Waals surface area (Å²) >= 11 is 0. The highest BCUT2D eigenvalue weighted by Crippen LogP contribution is 2.21. The van der Waals surface area contributed by atoms with Crippen LogP contribution < -0.4 is 10.1 Å². The summed E-state index contributed by atoms with van der Waals surface area (Å²) in [4.78, 5) is 4.14. The van der Waals surface area contributed by atoms with E-state index >= 15 is 0 Å². The molecule has 0 saturated heterocycles. The van der Waals surface area contributed by atoms with Gasteiger partial charge >= 0.3 is 0 Å². The minimum atomic E-state index is 0.286. The van der Waals surface area contributed by atoms with Crippen LogP contribution in [0.1, 0.15) is 25.5 Å². The van der Waals surface area contributed by atoms with Gasteiger partial charge in [0.05, 0.1) is 7.11 Å². The van der Waals surface area contributed by atoms with Gasteiger partial charge in [-0.15, -0.1) is 0 Å². The zero-order chi connectivity index (χ0) is 9.68. The molecule has 1 N–H and O–H groups in total. The number of nitrogens with one attached hydrogen (secondary N) is 1. The highest BCUT2D eigenvalue weighted by atomic mass is 16.5. The van der Waals surface area contributed by atoms with Crippen molar-refractivity contribution in [2.24, 2.45) is 0 Å². The van der Waals surface area contributed by atoms with Crippen molar-refractivity contribution >= 4 is 0 Å². The Morgan fingerprint density at radius 2 is 2.38 bits per heavy atom. The van der Waals surface area contributed by atoms with E-state index in [1.807, 2.05) is 12.1 Å². The number of rotatable bonds is 4. The third-order valence-electron chi connectivity index (χ3n) is 1.97. The van der Waals surface area contributed by atoms with Gasteiger partial charge in [0.15, 0.2) is 0 Å². The first kappa shape index (κ1) is 9.99. The van der Waals surface area contributed by atoms with Gasteiger partial charge in [0, 0.05) is 17.8 Å². The standard InChI is InChI=1S/C10H16N2O/c1-4-11-8(2)9-6-5-7-12-10(9)13-3/h5-8,11H,4H2,1-3H3. The molecule has 0 bridgehead atoms. The summed E-state index contributed by atoms with van der Waals surface area (Å²) in [7, 11) is 1.64. The lowest BCUT2D eigenvalue weighted by molar-refractivity contribution is 0.385. The first-order valence-electron chi connectivity index (χ1n) is 4.51. The highest BCUT2D eigenvalue weighted by molar-refractivity contribution is 5.28. The average molecular weight is 180 g/mol. The second-order valence-corrected chi connectivity index (χ2v) is 2.88. The summed E-state index contributed by atoms with van der Waals surface area (Å²) in [6.07, 6.45) is 1.74. The molecular weight excluding hydrogens is 164 g/mol. The number of hydrogen-bond acceptors (Lipinski definition) is 3. The normalized spacial score (nSPS) is 12.5. The van der Waals surface area contributed by atoms with Gasteiger partial charge in [-0.3, -0.25) is 0 Å². The number of ether oxygens (including phenoxy) is 1. The molecule has 0 saturated carbocycles. The molecule has 0 aliphatic carbocycles. The van der Waals surface area contributed by atoms with Crippen molar-refractivity contribution < 1.29 is 4.74 Å². The summed E-state index contributed by atoms with van der Waals surface area (Å²) in [5, 5.41) is 3.32. The van der Waals surface area contributed by atoms with Crippen LogP contribution in [0.25, 0.3) is 0 Å². The molecule has 1 aromatic heterocycles. The van der Waals surface area contributed by atoms with Crippen molar-refractivity contribution in [1.82, 2.24) is 10.3 Å². The maximum absolute atomic E-state index is 5.16. The van der Waals surface area contributed by atoms with Crippen molar-refractivity contribution in [2.75, 3.05) is 13.7 Å². The zero-order valence-electron chi connectivity index (χ0n) is 8.37. The van der Waals surface area contributed by atoms with E-state index in [9.17, 15) is 0 Å². The molecule has 13 heavy (non-hydrogen) atoms. The molecule has 0 radical (unpaired) electrons. The fraction of sp³-hybridized carbons (Fsp3) is 0.500. The fourth-order valence-electron chi connectivity index (χ4n) is 1.32. The van der Waals surface area contributed by atoms with Crippen LogP contribution in [0.3, 0.4) is 0 Å². The van der Waals surface area contributed by atoms with Crippen molar-refractivity contribution in [1.29, 1.82) is 0 Å². The van der Waals surface area contributed by atoms with Gasteiger partial charge in [-0.1, -0.05) is 13.0 Å². The fourth-order valence-corrected chi connectivity index (χ4v) is 1.32. The summed E-state index contributed by atoms with van der Waals surface area (Å²) < 4.78 is 5.16. The van der Waals surface area contributed by atoms with Crippen LogP contribution in [0.2, 0.25) is 0 Å². The largest absolute Gasteiger partial charge is 0.481 e. The summed E-state index contributed by atoms with van der Waals surface area (Å²) in [5.41, 5.74) is 1.10. The van der Waals surface area contributed by atoms with Crippen LogP contribution in [-0.4, -0.2) is 18.6 Å². The molecule has 3 nitrogen and oxygen atoms in total. The van der Waals surface area contributed by atoms with E-state index in [1.54, 1.807) is 13.3 Å². The molecule has 0 amide bonds. The van der Waals surface area contributed by atoms with E-state index < -0.39 is 0 Å². The molecular formula is C10H16N2O. The Hall–Kier alpha value is -1.09. The van der Waals surface area contributed by atoms with E-state index in [0.29, 0.717) is 5.88 Å². The van der Waals surface area contributed by atoms with Crippen LogP contribution in [0.5, 0.6) is 5.88 Å². The third kappa shape index (κ3) is 2.42. The summed E-state index contributed by atoms with van der Waals surface area (Å²) in [6, 6.07) is 4.24. The van der Waals surface area contributed by atoms with Crippen molar-refractivity contribution in [2.45, 2.75) is 19.9 Å². The Kier molecular flexibility index (Phi) is 3.71. The monoisotopic (exact) mass is 180 g/mol. The van der Waals surface area contributed by atoms with Crippen LogP contribution in [0, 0.1) is 0 Å². The van der Waals surface area contributed by atoms with E-state index in [1.165, 1.54) is 0 Å². The first-order valence-corrected chi connectivity index (χ1v) is 4.51. The van der Waals surface area contributed by atoms with Crippen LogP contribution in [0.4, 0.5) is 0 Å². The van der Waals surface area contributed by atoms with Crippen LogP contribution in [-0.2, 0) is 0 Å². The molecule has 0 spiro atoms. The van der Waals surface area contributed by atoms with Gasteiger partial charge in [-0.05, 0) is 19.5 Å².